The smallest absolute Gasteiger partial charge is 0.335 e. The van der Waals surface area contributed by atoms with Crippen molar-refractivity contribution >= 4 is 29.4 Å². The maximum absolute atomic E-state index is 12.5. The van der Waals surface area contributed by atoms with E-state index in [9.17, 15) is 19.2 Å². The second-order valence-electron chi connectivity index (χ2n) is 5.90. The molecule has 0 bridgehead atoms. The van der Waals surface area contributed by atoms with E-state index >= 15 is 0 Å². The van der Waals surface area contributed by atoms with Crippen molar-refractivity contribution in [2.45, 2.75) is 13.8 Å². The maximum Gasteiger partial charge on any atom is 0.335 e. The highest BCUT2D eigenvalue weighted by Crippen LogP contribution is 2.25. The lowest BCUT2D eigenvalue weighted by Gasteiger charge is -2.10. The summed E-state index contributed by atoms with van der Waals surface area (Å²) in [5, 5.41) is 11.7. The molecule has 0 radical (unpaired) electrons. The molecule has 2 N–H and O–H groups in total. The Bertz CT molecular complexity index is 964. The van der Waals surface area contributed by atoms with Gasteiger partial charge in [-0.05, 0) is 49.7 Å². The Kier molecular flexibility index (Phi) is 4.29. The van der Waals surface area contributed by atoms with E-state index in [1.807, 2.05) is 0 Å². The number of fused-ring (bicyclic) bond motifs is 1. The molecular weight excluding hydrogens is 336 g/mol. The minimum atomic E-state index is -1.10. The molecule has 7 heteroatoms. The monoisotopic (exact) mass is 352 g/mol. The first-order chi connectivity index (χ1) is 12.3. The van der Waals surface area contributed by atoms with Gasteiger partial charge in [0.05, 0.1) is 16.7 Å². The molecule has 1 aliphatic heterocycles. The number of carboxylic acid groups (broad SMARTS) is 1. The predicted octanol–water partition coefficient (Wildman–Crippen LogP) is 2.56. The highest BCUT2D eigenvalue weighted by atomic mass is 16.4. The molecule has 0 saturated heterocycles. The highest BCUT2D eigenvalue weighted by molar-refractivity contribution is 6.22. The van der Waals surface area contributed by atoms with Crippen molar-refractivity contribution in [3.63, 3.8) is 0 Å². The number of hydrogen-bond donors (Lipinski definition) is 2. The average Bonchev–Trinajstić information content (AvgIpc) is 2.86. The zero-order chi connectivity index (χ0) is 19.0. The van der Waals surface area contributed by atoms with E-state index in [0.29, 0.717) is 11.3 Å². The molecule has 0 aromatic heterocycles. The molecule has 1 heterocycles. The molecule has 0 atom stereocenters. The molecule has 2 aromatic carbocycles. The minimum Gasteiger partial charge on any atom is -0.478 e. The first-order valence-corrected chi connectivity index (χ1v) is 7.99. The lowest BCUT2D eigenvalue weighted by molar-refractivity contribution is 0.0658. The van der Waals surface area contributed by atoms with Crippen LogP contribution >= 0.6 is 0 Å². The molecule has 132 valence electrons. The van der Waals surface area contributed by atoms with Crippen LogP contribution in [0.1, 0.15) is 53.9 Å². The summed E-state index contributed by atoms with van der Waals surface area (Å²) in [5.41, 5.74) is 1.81. The van der Waals surface area contributed by atoms with Crippen molar-refractivity contribution < 1.29 is 24.3 Å². The van der Waals surface area contributed by atoms with Gasteiger partial charge in [0.15, 0.2) is 0 Å². The van der Waals surface area contributed by atoms with Crippen LogP contribution in [-0.2, 0) is 0 Å². The van der Waals surface area contributed by atoms with Gasteiger partial charge in [0.1, 0.15) is 0 Å². The van der Waals surface area contributed by atoms with Gasteiger partial charge >= 0.3 is 5.97 Å². The van der Waals surface area contributed by atoms with Crippen LogP contribution in [0, 0.1) is 6.92 Å². The number of hydrogen-bond acceptors (Lipinski definition) is 4. The Morgan fingerprint density at radius 1 is 1.00 bits per heavy atom. The summed E-state index contributed by atoms with van der Waals surface area (Å²) in [7, 11) is 0. The second-order valence-corrected chi connectivity index (χ2v) is 5.90. The fraction of sp³-hybridized carbons (Fsp3) is 0.158. The topological polar surface area (TPSA) is 104 Å². The van der Waals surface area contributed by atoms with Gasteiger partial charge < -0.3 is 10.4 Å². The summed E-state index contributed by atoms with van der Waals surface area (Å²) in [6.45, 7) is 3.70. The van der Waals surface area contributed by atoms with Gasteiger partial charge in [-0.1, -0.05) is 6.07 Å². The van der Waals surface area contributed by atoms with E-state index in [0.717, 1.165) is 4.90 Å². The number of aryl methyl sites for hydroxylation is 1. The molecule has 7 nitrogen and oxygen atoms in total. The summed E-state index contributed by atoms with van der Waals surface area (Å²) in [5.74, 6) is -2.38. The van der Waals surface area contributed by atoms with Crippen molar-refractivity contribution in [1.82, 2.24) is 4.90 Å². The lowest BCUT2D eigenvalue weighted by Crippen LogP contribution is -2.29. The Morgan fingerprint density at radius 3 is 2.31 bits per heavy atom. The number of carboxylic acids is 1. The highest BCUT2D eigenvalue weighted by Gasteiger charge is 2.34. The number of carbonyl (C=O) groups excluding carboxylic acids is 3. The molecule has 26 heavy (non-hydrogen) atoms. The first-order valence-electron chi connectivity index (χ1n) is 7.99. The van der Waals surface area contributed by atoms with Crippen LogP contribution in [-0.4, -0.2) is 40.2 Å². The summed E-state index contributed by atoms with van der Waals surface area (Å²) >= 11 is 0. The van der Waals surface area contributed by atoms with Gasteiger partial charge in [0.25, 0.3) is 17.7 Å². The third-order valence-electron chi connectivity index (χ3n) is 4.28. The van der Waals surface area contributed by atoms with Gasteiger partial charge in [-0.2, -0.15) is 0 Å². The normalized spacial score (nSPS) is 12.9. The summed E-state index contributed by atoms with van der Waals surface area (Å²) in [6.07, 6.45) is 0. The number of nitrogens with zero attached hydrogens (tertiary/aromatic N) is 1. The van der Waals surface area contributed by atoms with Crippen LogP contribution in [0.15, 0.2) is 36.4 Å². The van der Waals surface area contributed by atoms with Crippen molar-refractivity contribution in [1.29, 1.82) is 0 Å². The van der Waals surface area contributed by atoms with E-state index in [1.165, 1.54) is 30.3 Å². The van der Waals surface area contributed by atoms with Crippen LogP contribution < -0.4 is 5.32 Å². The first kappa shape index (κ1) is 17.3. The molecular formula is C19H16N2O5. The summed E-state index contributed by atoms with van der Waals surface area (Å²) < 4.78 is 0. The molecule has 0 unspecified atom stereocenters. The minimum absolute atomic E-state index is 0.0548. The number of aromatic carboxylic acids is 1. The largest absolute Gasteiger partial charge is 0.478 e. The van der Waals surface area contributed by atoms with Gasteiger partial charge in [-0.15, -0.1) is 0 Å². The lowest BCUT2D eigenvalue weighted by atomic mass is 10.0. The van der Waals surface area contributed by atoms with Gasteiger partial charge in [-0.3, -0.25) is 19.3 Å². The Balaban J connectivity index is 1.90. The van der Waals surface area contributed by atoms with Crippen molar-refractivity contribution in [2.24, 2.45) is 0 Å². The second kappa shape index (κ2) is 6.44. The molecule has 1 aliphatic rings. The van der Waals surface area contributed by atoms with Crippen LogP contribution in [0.25, 0.3) is 0 Å². The van der Waals surface area contributed by atoms with E-state index in [2.05, 4.69) is 5.32 Å². The molecule has 0 spiro atoms. The van der Waals surface area contributed by atoms with Crippen molar-refractivity contribution in [3.8, 4) is 0 Å². The zero-order valence-corrected chi connectivity index (χ0v) is 14.2. The molecule has 0 aliphatic carbocycles. The number of rotatable bonds is 4. The summed E-state index contributed by atoms with van der Waals surface area (Å²) in [6, 6.07) is 8.73. The summed E-state index contributed by atoms with van der Waals surface area (Å²) in [4.78, 5) is 49.1. The average molecular weight is 352 g/mol. The number of anilines is 1. The van der Waals surface area contributed by atoms with Crippen LogP contribution in [0.5, 0.6) is 0 Å². The van der Waals surface area contributed by atoms with E-state index in [1.54, 1.807) is 19.9 Å². The van der Waals surface area contributed by atoms with Crippen molar-refractivity contribution in [3.05, 3.63) is 64.2 Å². The van der Waals surface area contributed by atoms with Gasteiger partial charge in [-0.25, -0.2) is 4.79 Å². The Morgan fingerprint density at radius 2 is 1.65 bits per heavy atom. The van der Waals surface area contributed by atoms with Crippen LogP contribution in [0.4, 0.5) is 5.69 Å². The molecule has 0 fully saturated rings. The molecule has 3 amide bonds. The Hall–Kier alpha value is -3.48. The predicted molar refractivity (Wildman–Crippen MR) is 93.6 cm³/mol. The third kappa shape index (κ3) is 2.83. The van der Waals surface area contributed by atoms with E-state index in [4.69, 9.17) is 5.11 Å². The number of amides is 3. The molecule has 2 aromatic rings. The standard InChI is InChI=1S/C19H16N2O5/c1-3-21-17(23)13-7-6-11(8-14(13)18(21)24)16(22)20-15-9-12(19(25)26)5-4-10(15)2/h4-9H,3H2,1-2H3,(H,20,22)(H,25,26). The van der Waals surface area contributed by atoms with E-state index in [-0.39, 0.29) is 34.7 Å². The fourth-order valence-electron chi connectivity index (χ4n) is 2.80. The number of benzene rings is 2. The maximum atomic E-state index is 12.5. The molecule has 0 saturated carbocycles. The van der Waals surface area contributed by atoms with Crippen LogP contribution in [0.2, 0.25) is 0 Å². The quantitative estimate of drug-likeness (QED) is 0.823. The third-order valence-corrected chi connectivity index (χ3v) is 4.28. The Labute approximate surface area is 149 Å². The number of imide groups is 1. The van der Waals surface area contributed by atoms with Gasteiger partial charge in [0, 0.05) is 17.8 Å². The zero-order valence-electron chi connectivity index (χ0n) is 14.2. The van der Waals surface area contributed by atoms with E-state index < -0.39 is 17.8 Å². The van der Waals surface area contributed by atoms with Crippen LogP contribution in [0.3, 0.4) is 0 Å². The van der Waals surface area contributed by atoms with Crippen molar-refractivity contribution in [2.75, 3.05) is 11.9 Å². The molecule has 3 rings (SSSR count). The number of carbonyl (C=O) groups is 4. The SMILES string of the molecule is CCN1C(=O)c2ccc(C(=O)Nc3cc(C(=O)O)ccc3C)cc2C1=O. The number of nitrogens with one attached hydrogen (secondary N) is 1. The van der Waals surface area contributed by atoms with Gasteiger partial charge in [0.2, 0.25) is 0 Å². The fourth-order valence-corrected chi connectivity index (χ4v) is 2.80.